The first-order valence-corrected chi connectivity index (χ1v) is 10.3. The van der Waals surface area contributed by atoms with Gasteiger partial charge in [-0.3, -0.25) is 9.69 Å². The largest absolute Gasteiger partial charge is 0.349 e. The monoisotopic (exact) mass is 434 g/mol. The average molecular weight is 435 g/mol. The number of fused-ring (bicyclic) bond motifs is 1. The molecule has 8 heteroatoms. The van der Waals surface area contributed by atoms with Gasteiger partial charge in [-0.25, -0.2) is 9.78 Å². The van der Waals surface area contributed by atoms with E-state index in [4.69, 9.17) is 0 Å². The summed E-state index contributed by atoms with van der Waals surface area (Å²) in [6.45, 7) is 1.37. The second kappa shape index (κ2) is 7.36. The van der Waals surface area contributed by atoms with E-state index in [9.17, 15) is 9.59 Å². The Kier molecular flexibility index (Phi) is 4.95. The van der Waals surface area contributed by atoms with E-state index in [2.05, 4.69) is 43.7 Å². The number of anilines is 1. The van der Waals surface area contributed by atoms with Crippen LogP contribution in [0.15, 0.2) is 28.1 Å². The molecule has 6 nitrogen and oxygen atoms in total. The van der Waals surface area contributed by atoms with E-state index in [0.29, 0.717) is 23.9 Å². The fourth-order valence-electron chi connectivity index (χ4n) is 3.46. The summed E-state index contributed by atoms with van der Waals surface area (Å²) in [6, 6.07) is 6.16. The molecule has 0 bridgehead atoms. The second-order valence-electron chi connectivity index (χ2n) is 6.54. The minimum absolute atomic E-state index is 0.0364. The topological polar surface area (TPSA) is 74.3 Å². The molecule has 0 saturated carbocycles. The van der Waals surface area contributed by atoms with Gasteiger partial charge in [-0.2, -0.15) is 0 Å². The summed E-state index contributed by atoms with van der Waals surface area (Å²) in [7, 11) is 0. The van der Waals surface area contributed by atoms with Gasteiger partial charge in [0.1, 0.15) is 0 Å². The Labute approximate surface area is 164 Å². The number of rotatable bonds is 4. The number of nitrogens with one attached hydrogen (secondary N) is 2. The number of thiazole rings is 1. The highest BCUT2D eigenvalue weighted by molar-refractivity contribution is 9.10. The van der Waals surface area contributed by atoms with Crippen molar-refractivity contribution in [3.8, 4) is 0 Å². The first-order valence-electron chi connectivity index (χ1n) is 8.67. The minimum Gasteiger partial charge on any atom is -0.349 e. The third kappa shape index (κ3) is 3.61. The second-order valence-corrected chi connectivity index (χ2v) is 8.29. The molecule has 1 saturated heterocycles. The summed E-state index contributed by atoms with van der Waals surface area (Å²) in [5.74, 6) is -0.0364. The molecular weight excluding hydrogens is 416 g/mol. The van der Waals surface area contributed by atoms with Crippen molar-refractivity contribution in [3.63, 3.8) is 0 Å². The van der Waals surface area contributed by atoms with Gasteiger partial charge in [0.05, 0.1) is 18.2 Å². The number of benzene rings is 1. The van der Waals surface area contributed by atoms with Gasteiger partial charge < -0.3 is 10.6 Å². The van der Waals surface area contributed by atoms with Crippen LogP contribution < -0.4 is 15.5 Å². The molecule has 1 aliphatic carbocycles. The average Bonchev–Trinajstić information content (AvgIpc) is 3.22. The Morgan fingerprint density at radius 2 is 2.35 bits per heavy atom. The van der Waals surface area contributed by atoms with Crippen molar-refractivity contribution in [3.05, 3.63) is 44.9 Å². The summed E-state index contributed by atoms with van der Waals surface area (Å²) in [4.78, 5) is 30.5. The van der Waals surface area contributed by atoms with E-state index >= 15 is 0 Å². The van der Waals surface area contributed by atoms with Crippen molar-refractivity contribution in [1.29, 1.82) is 0 Å². The Bertz CT molecular complexity index is 853. The minimum atomic E-state index is -0.115. The van der Waals surface area contributed by atoms with Gasteiger partial charge in [-0.05, 0) is 42.5 Å². The van der Waals surface area contributed by atoms with Crippen molar-refractivity contribution in [2.45, 2.75) is 31.7 Å². The number of aryl methyl sites for hydroxylation is 1. The van der Waals surface area contributed by atoms with Crippen LogP contribution in [0, 0.1) is 0 Å². The van der Waals surface area contributed by atoms with Gasteiger partial charge in [-0.1, -0.05) is 22.0 Å². The molecule has 0 spiro atoms. The van der Waals surface area contributed by atoms with E-state index in [0.717, 1.165) is 23.7 Å². The summed E-state index contributed by atoms with van der Waals surface area (Å²) in [5.41, 5.74) is 3.19. The number of aromatic nitrogens is 1. The van der Waals surface area contributed by atoms with Crippen LogP contribution in [0.25, 0.3) is 0 Å². The maximum Gasteiger partial charge on any atom is 0.323 e. The van der Waals surface area contributed by atoms with E-state index in [1.807, 2.05) is 11.4 Å². The van der Waals surface area contributed by atoms with E-state index in [1.54, 1.807) is 4.90 Å². The number of urea groups is 1. The van der Waals surface area contributed by atoms with Gasteiger partial charge in [-0.15, -0.1) is 11.3 Å². The molecule has 2 N–H and O–H groups in total. The third-order valence-corrected chi connectivity index (χ3v) is 6.12. The first kappa shape index (κ1) is 17.5. The molecular formula is C18H19BrN4O2S. The number of halogens is 1. The maximum absolute atomic E-state index is 12.4. The molecule has 1 atom stereocenters. The van der Waals surface area contributed by atoms with Crippen molar-refractivity contribution >= 4 is 44.3 Å². The lowest BCUT2D eigenvalue weighted by Crippen LogP contribution is -2.46. The summed E-state index contributed by atoms with van der Waals surface area (Å²) < 4.78 is 1.07. The van der Waals surface area contributed by atoms with Crippen LogP contribution in [0.2, 0.25) is 0 Å². The molecule has 2 aliphatic rings. The zero-order valence-electron chi connectivity index (χ0n) is 14.1. The van der Waals surface area contributed by atoms with Gasteiger partial charge in [0, 0.05) is 22.9 Å². The molecule has 136 valence electrons. The number of nitrogens with zero attached hydrogens (tertiary/aromatic N) is 2. The number of amides is 3. The van der Waals surface area contributed by atoms with Crippen LogP contribution >= 0.6 is 27.3 Å². The fraction of sp³-hybridized carbons (Fsp3) is 0.389. The zero-order chi connectivity index (χ0) is 18.1. The predicted molar refractivity (Wildman–Crippen MR) is 105 cm³/mol. The molecule has 3 amide bonds. The lowest BCUT2D eigenvalue weighted by atomic mass is 10.1. The number of hydrogen-bond acceptors (Lipinski definition) is 4. The highest BCUT2D eigenvalue weighted by Gasteiger charge is 2.25. The number of hydrogen-bond donors (Lipinski definition) is 2. The molecule has 1 unspecified atom stereocenters. The van der Waals surface area contributed by atoms with Gasteiger partial charge in [0.15, 0.2) is 5.13 Å². The smallest absolute Gasteiger partial charge is 0.323 e. The highest BCUT2D eigenvalue weighted by atomic mass is 79.9. The third-order valence-electron chi connectivity index (χ3n) is 4.71. The van der Waals surface area contributed by atoms with Crippen LogP contribution in [-0.2, 0) is 17.6 Å². The molecule has 2 aromatic rings. The Balaban J connectivity index is 1.38. The van der Waals surface area contributed by atoms with Gasteiger partial charge >= 0.3 is 6.03 Å². The van der Waals surface area contributed by atoms with Crippen molar-refractivity contribution in [2.24, 2.45) is 0 Å². The lowest BCUT2D eigenvalue weighted by molar-refractivity contribution is -0.121. The Morgan fingerprint density at radius 3 is 3.19 bits per heavy atom. The van der Waals surface area contributed by atoms with E-state index in [1.165, 1.54) is 22.5 Å². The van der Waals surface area contributed by atoms with Crippen LogP contribution in [0.5, 0.6) is 0 Å². The Morgan fingerprint density at radius 1 is 1.46 bits per heavy atom. The highest BCUT2D eigenvalue weighted by Crippen LogP contribution is 2.33. The molecule has 1 aromatic heterocycles. The molecule has 1 fully saturated rings. The van der Waals surface area contributed by atoms with E-state index < -0.39 is 0 Å². The summed E-state index contributed by atoms with van der Waals surface area (Å²) in [6.07, 6.45) is 3.03. The lowest BCUT2D eigenvalue weighted by Gasteiger charge is -2.24. The quantitative estimate of drug-likeness (QED) is 0.775. The molecule has 1 aromatic carbocycles. The van der Waals surface area contributed by atoms with Gasteiger partial charge in [0.2, 0.25) is 5.91 Å². The fourth-order valence-corrected chi connectivity index (χ4v) is 4.72. The predicted octanol–water partition coefficient (Wildman–Crippen LogP) is 3.17. The van der Waals surface area contributed by atoms with Crippen LogP contribution in [0.1, 0.15) is 35.7 Å². The van der Waals surface area contributed by atoms with E-state index in [-0.39, 0.29) is 24.4 Å². The molecule has 4 rings (SSSR count). The van der Waals surface area contributed by atoms with Crippen molar-refractivity contribution < 1.29 is 9.59 Å². The maximum atomic E-state index is 12.4. The zero-order valence-corrected chi connectivity index (χ0v) is 16.5. The standard InChI is InChI=1S/C18H19BrN4O2S/c19-12-3-4-14-11(8-12)2-5-15(14)22-16(24)9-13-10-26-18(21-13)23-7-1-6-20-17(23)25/h3-4,8,10,15H,1-2,5-7,9H2,(H,20,25)(H,22,24). The van der Waals surface area contributed by atoms with Gasteiger partial charge in [0.25, 0.3) is 0 Å². The SMILES string of the molecule is O=C(Cc1csc(N2CCCNC2=O)n1)NC1CCc2cc(Br)ccc21. The molecule has 1 aliphatic heterocycles. The molecule has 26 heavy (non-hydrogen) atoms. The van der Waals surface area contributed by atoms with Crippen LogP contribution in [0.3, 0.4) is 0 Å². The van der Waals surface area contributed by atoms with Crippen LogP contribution in [-0.4, -0.2) is 30.0 Å². The summed E-state index contributed by atoms with van der Waals surface area (Å²) in [5, 5.41) is 8.44. The van der Waals surface area contributed by atoms with Crippen molar-refractivity contribution in [1.82, 2.24) is 15.6 Å². The van der Waals surface area contributed by atoms with Crippen molar-refractivity contribution in [2.75, 3.05) is 18.0 Å². The molecule has 0 radical (unpaired) electrons. The molecule has 2 heterocycles. The summed E-state index contributed by atoms with van der Waals surface area (Å²) >= 11 is 4.90. The first-order chi connectivity index (χ1) is 12.6. The van der Waals surface area contributed by atoms with Crippen LogP contribution in [0.4, 0.5) is 9.93 Å². The number of carbonyl (C=O) groups excluding carboxylic acids is 2. The Hall–Kier alpha value is -1.93. The number of carbonyl (C=O) groups is 2. The normalized spacial score (nSPS) is 19.2.